The highest BCUT2D eigenvalue weighted by molar-refractivity contribution is 8.01. The van der Waals surface area contributed by atoms with Gasteiger partial charge in [-0.2, -0.15) is 0 Å². The number of aryl methyl sites for hydroxylation is 1. The average molecular weight is 296 g/mol. The molecular weight excluding hydrogens is 280 g/mol. The van der Waals surface area contributed by atoms with Crippen LogP contribution in [0.2, 0.25) is 0 Å². The SMILES string of the molecule is COc1ccc(OCCCSc2nnc(C)s2)cc1. The Morgan fingerprint density at radius 3 is 2.53 bits per heavy atom. The molecule has 2 aromatic rings. The van der Waals surface area contributed by atoms with Crippen LogP contribution < -0.4 is 9.47 Å². The molecule has 0 aliphatic heterocycles. The fourth-order valence-corrected chi connectivity index (χ4v) is 3.22. The highest BCUT2D eigenvalue weighted by Gasteiger charge is 2.01. The summed E-state index contributed by atoms with van der Waals surface area (Å²) in [6.45, 7) is 2.67. The molecule has 0 saturated carbocycles. The van der Waals surface area contributed by atoms with Crippen molar-refractivity contribution in [1.29, 1.82) is 0 Å². The molecule has 0 saturated heterocycles. The molecule has 0 aliphatic rings. The summed E-state index contributed by atoms with van der Waals surface area (Å²) in [6.07, 6.45) is 0.981. The summed E-state index contributed by atoms with van der Waals surface area (Å²) < 4.78 is 11.8. The third kappa shape index (κ3) is 4.72. The Balaban J connectivity index is 1.63. The zero-order valence-electron chi connectivity index (χ0n) is 11.0. The number of hydrogen-bond donors (Lipinski definition) is 0. The van der Waals surface area contributed by atoms with Crippen LogP contribution in [-0.2, 0) is 0 Å². The first-order valence-corrected chi connectivity index (χ1v) is 7.78. The van der Waals surface area contributed by atoms with E-state index in [1.807, 2.05) is 31.2 Å². The summed E-state index contributed by atoms with van der Waals surface area (Å²) in [4.78, 5) is 0. The normalized spacial score (nSPS) is 10.4. The minimum Gasteiger partial charge on any atom is -0.497 e. The summed E-state index contributed by atoms with van der Waals surface area (Å²) in [5, 5.41) is 9.06. The number of rotatable bonds is 7. The van der Waals surface area contributed by atoms with Crippen LogP contribution in [-0.4, -0.2) is 29.7 Å². The molecule has 19 heavy (non-hydrogen) atoms. The molecule has 0 fully saturated rings. The van der Waals surface area contributed by atoms with Gasteiger partial charge in [0.1, 0.15) is 16.5 Å². The van der Waals surface area contributed by atoms with Crippen molar-refractivity contribution in [2.24, 2.45) is 0 Å². The second kappa shape index (κ2) is 7.35. The van der Waals surface area contributed by atoms with Crippen LogP contribution in [0.4, 0.5) is 0 Å². The standard InChI is InChI=1S/C13H16N2O2S2/c1-10-14-15-13(19-10)18-9-3-8-17-12-6-4-11(16-2)5-7-12/h4-7H,3,8-9H2,1-2H3. The van der Waals surface area contributed by atoms with Crippen molar-refractivity contribution < 1.29 is 9.47 Å². The molecule has 1 aromatic carbocycles. The Bertz CT molecular complexity index is 500. The second-order valence-electron chi connectivity index (χ2n) is 3.81. The summed E-state index contributed by atoms with van der Waals surface area (Å²) >= 11 is 3.36. The van der Waals surface area contributed by atoms with Crippen LogP contribution in [0.5, 0.6) is 11.5 Å². The zero-order chi connectivity index (χ0) is 13.5. The van der Waals surface area contributed by atoms with Gasteiger partial charge in [0.05, 0.1) is 13.7 Å². The predicted octanol–water partition coefficient (Wildman–Crippen LogP) is 3.42. The molecule has 0 N–H and O–H groups in total. The summed E-state index contributed by atoms with van der Waals surface area (Å²) in [7, 11) is 1.66. The molecule has 0 unspecified atom stereocenters. The topological polar surface area (TPSA) is 44.2 Å². The third-order valence-electron chi connectivity index (χ3n) is 2.35. The van der Waals surface area contributed by atoms with E-state index in [0.29, 0.717) is 6.61 Å². The lowest BCUT2D eigenvalue weighted by molar-refractivity contribution is 0.318. The van der Waals surface area contributed by atoms with E-state index < -0.39 is 0 Å². The van der Waals surface area contributed by atoms with Crippen LogP contribution in [0.15, 0.2) is 28.6 Å². The Morgan fingerprint density at radius 2 is 1.89 bits per heavy atom. The van der Waals surface area contributed by atoms with Gasteiger partial charge >= 0.3 is 0 Å². The van der Waals surface area contributed by atoms with Gasteiger partial charge in [0.15, 0.2) is 4.34 Å². The van der Waals surface area contributed by atoms with E-state index in [-0.39, 0.29) is 0 Å². The van der Waals surface area contributed by atoms with Gasteiger partial charge < -0.3 is 9.47 Å². The monoisotopic (exact) mass is 296 g/mol. The first-order chi connectivity index (χ1) is 9.28. The lowest BCUT2D eigenvalue weighted by Gasteiger charge is -2.06. The fraction of sp³-hybridized carbons (Fsp3) is 0.385. The number of methoxy groups -OCH3 is 1. The van der Waals surface area contributed by atoms with Gasteiger partial charge in [-0.1, -0.05) is 23.1 Å². The number of hydrogen-bond acceptors (Lipinski definition) is 6. The second-order valence-corrected chi connectivity index (χ2v) is 6.34. The van der Waals surface area contributed by atoms with E-state index in [4.69, 9.17) is 9.47 Å². The maximum Gasteiger partial charge on any atom is 0.174 e. The molecule has 0 bridgehead atoms. The van der Waals surface area contributed by atoms with Crippen molar-refractivity contribution in [1.82, 2.24) is 10.2 Å². The summed E-state index contributed by atoms with van der Waals surface area (Å²) in [5.41, 5.74) is 0. The van der Waals surface area contributed by atoms with Crippen molar-refractivity contribution in [3.8, 4) is 11.5 Å². The van der Waals surface area contributed by atoms with Gasteiger partial charge in [0.25, 0.3) is 0 Å². The Kier molecular flexibility index (Phi) is 5.47. The number of aromatic nitrogens is 2. The first-order valence-electron chi connectivity index (χ1n) is 5.97. The molecule has 0 aliphatic carbocycles. The molecule has 0 amide bonds. The molecule has 2 rings (SSSR count). The fourth-order valence-electron chi connectivity index (χ4n) is 1.42. The minimum atomic E-state index is 0.705. The van der Waals surface area contributed by atoms with E-state index in [0.717, 1.165) is 33.0 Å². The van der Waals surface area contributed by atoms with Crippen molar-refractivity contribution in [3.05, 3.63) is 29.3 Å². The van der Waals surface area contributed by atoms with Crippen LogP contribution in [0.25, 0.3) is 0 Å². The molecular formula is C13H16N2O2S2. The Morgan fingerprint density at radius 1 is 1.16 bits per heavy atom. The van der Waals surface area contributed by atoms with Gasteiger partial charge in [-0.15, -0.1) is 10.2 Å². The zero-order valence-corrected chi connectivity index (χ0v) is 12.6. The van der Waals surface area contributed by atoms with Crippen molar-refractivity contribution in [3.63, 3.8) is 0 Å². The maximum atomic E-state index is 5.65. The summed E-state index contributed by atoms with van der Waals surface area (Å²) in [6, 6.07) is 7.63. The third-order valence-corrected chi connectivity index (χ3v) is 4.41. The minimum absolute atomic E-state index is 0.705. The molecule has 0 radical (unpaired) electrons. The van der Waals surface area contributed by atoms with Crippen LogP contribution in [0.3, 0.4) is 0 Å². The number of benzene rings is 1. The smallest absolute Gasteiger partial charge is 0.174 e. The largest absolute Gasteiger partial charge is 0.497 e. The molecule has 6 heteroatoms. The van der Waals surface area contributed by atoms with Crippen molar-refractivity contribution in [2.45, 2.75) is 17.7 Å². The van der Waals surface area contributed by atoms with Crippen molar-refractivity contribution >= 4 is 23.1 Å². The lowest BCUT2D eigenvalue weighted by atomic mass is 10.3. The molecule has 102 valence electrons. The van der Waals surface area contributed by atoms with Gasteiger partial charge in [0, 0.05) is 5.75 Å². The van der Waals surface area contributed by atoms with E-state index in [1.165, 1.54) is 0 Å². The van der Waals surface area contributed by atoms with Gasteiger partial charge in [0.2, 0.25) is 0 Å². The number of nitrogens with zero attached hydrogens (tertiary/aromatic N) is 2. The number of thioether (sulfide) groups is 1. The molecule has 1 aromatic heterocycles. The quantitative estimate of drug-likeness (QED) is 0.578. The van der Waals surface area contributed by atoms with E-state index in [9.17, 15) is 0 Å². The molecule has 0 spiro atoms. The van der Waals surface area contributed by atoms with E-state index in [1.54, 1.807) is 30.2 Å². The molecule has 1 heterocycles. The van der Waals surface area contributed by atoms with Gasteiger partial charge in [-0.3, -0.25) is 0 Å². The van der Waals surface area contributed by atoms with E-state index >= 15 is 0 Å². The van der Waals surface area contributed by atoms with Crippen LogP contribution in [0.1, 0.15) is 11.4 Å². The van der Waals surface area contributed by atoms with Gasteiger partial charge in [-0.25, -0.2) is 0 Å². The lowest BCUT2D eigenvalue weighted by Crippen LogP contribution is -1.98. The number of ether oxygens (including phenoxy) is 2. The van der Waals surface area contributed by atoms with Gasteiger partial charge in [-0.05, 0) is 37.6 Å². The molecule has 0 atom stereocenters. The van der Waals surface area contributed by atoms with Crippen LogP contribution in [0, 0.1) is 6.92 Å². The average Bonchev–Trinajstić information content (AvgIpc) is 2.85. The summed E-state index contributed by atoms with van der Waals surface area (Å²) in [5.74, 6) is 2.71. The highest BCUT2D eigenvalue weighted by atomic mass is 32.2. The highest BCUT2D eigenvalue weighted by Crippen LogP contribution is 2.22. The predicted molar refractivity (Wildman–Crippen MR) is 78.5 cm³/mol. The Hall–Kier alpha value is -1.27. The first kappa shape index (κ1) is 14.1. The van der Waals surface area contributed by atoms with Crippen molar-refractivity contribution in [2.75, 3.05) is 19.5 Å². The van der Waals surface area contributed by atoms with E-state index in [2.05, 4.69) is 10.2 Å². The Labute approximate surface area is 121 Å². The molecule has 4 nitrogen and oxygen atoms in total. The maximum absolute atomic E-state index is 5.65. The van der Waals surface area contributed by atoms with Crippen LogP contribution >= 0.6 is 23.1 Å².